The van der Waals surface area contributed by atoms with Crippen LogP contribution >= 0.6 is 0 Å². The van der Waals surface area contributed by atoms with Crippen LogP contribution in [0.2, 0.25) is 0 Å². The molecule has 0 spiro atoms. The minimum atomic E-state index is -0.165. The van der Waals surface area contributed by atoms with E-state index < -0.39 is 0 Å². The molecule has 1 heterocycles. The van der Waals surface area contributed by atoms with Crippen LogP contribution in [0.3, 0.4) is 0 Å². The molecule has 1 aromatic rings. The average Bonchev–Trinajstić information content (AvgIpc) is 2.61. The fourth-order valence-electron chi connectivity index (χ4n) is 1.57. The number of aromatic nitrogens is 3. The van der Waals surface area contributed by atoms with Gasteiger partial charge in [-0.25, -0.2) is 4.98 Å². The van der Waals surface area contributed by atoms with E-state index in [-0.39, 0.29) is 5.91 Å². The lowest BCUT2D eigenvalue weighted by molar-refractivity contribution is 0.0939. The molecular weight excluding hydrogens is 180 g/mol. The van der Waals surface area contributed by atoms with Crippen molar-refractivity contribution in [3.05, 3.63) is 12.2 Å². The summed E-state index contributed by atoms with van der Waals surface area (Å²) in [5.41, 5.74) is 0. The Hall–Kier alpha value is -1.39. The smallest absolute Gasteiger partial charge is 0.288 e. The van der Waals surface area contributed by atoms with Gasteiger partial charge in [0.05, 0.1) is 0 Å². The number of hydrogen-bond acceptors (Lipinski definition) is 3. The van der Waals surface area contributed by atoms with E-state index in [1.165, 1.54) is 25.6 Å². The number of carbonyl (C=O) groups excluding carboxylic acids is 1. The molecule has 5 heteroatoms. The van der Waals surface area contributed by atoms with Crippen LogP contribution in [0.4, 0.5) is 0 Å². The predicted molar refractivity (Wildman–Crippen MR) is 50.7 cm³/mol. The van der Waals surface area contributed by atoms with Crippen molar-refractivity contribution in [1.29, 1.82) is 0 Å². The molecule has 1 amide bonds. The summed E-state index contributed by atoms with van der Waals surface area (Å²) < 4.78 is 0. The van der Waals surface area contributed by atoms with Crippen LogP contribution in [0.15, 0.2) is 6.33 Å². The van der Waals surface area contributed by atoms with Crippen molar-refractivity contribution in [2.24, 2.45) is 5.92 Å². The van der Waals surface area contributed by atoms with Gasteiger partial charge in [0.2, 0.25) is 5.82 Å². The van der Waals surface area contributed by atoms with Crippen LogP contribution in [0.1, 0.15) is 36.3 Å². The van der Waals surface area contributed by atoms with Gasteiger partial charge in [0.15, 0.2) is 0 Å². The lowest BCUT2D eigenvalue weighted by Gasteiger charge is -2.24. The highest BCUT2D eigenvalue weighted by Crippen LogP contribution is 2.28. The van der Waals surface area contributed by atoms with Crippen LogP contribution in [-0.4, -0.2) is 27.6 Å². The monoisotopic (exact) mass is 194 g/mol. The molecule has 0 aliphatic heterocycles. The molecule has 0 unspecified atom stereocenters. The Bertz CT molecular complexity index is 292. The third kappa shape index (κ3) is 2.10. The van der Waals surface area contributed by atoms with E-state index in [0.29, 0.717) is 5.82 Å². The molecule has 1 aromatic heterocycles. The van der Waals surface area contributed by atoms with E-state index in [9.17, 15) is 4.79 Å². The van der Waals surface area contributed by atoms with Gasteiger partial charge in [-0.3, -0.25) is 9.89 Å². The summed E-state index contributed by atoms with van der Waals surface area (Å²) in [4.78, 5) is 15.1. The Morgan fingerprint density at radius 1 is 1.64 bits per heavy atom. The van der Waals surface area contributed by atoms with Crippen molar-refractivity contribution in [2.75, 3.05) is 6.54 Å². The van der Waals surface area contributed by atoms with Gasteiger partial charge in [0.25, 0.3) is 5.91 Å². The topological polar surface area (TPSA) is 70.7 Å². The van der Waals surface area contributed by atoms with Crippen molar-refractivity contribution in [1.82, 2.24) is 20.5 Å². The van der Waals surface area contributed by atoms with Crippen LogP contribution < -0.4 is 5.32 Å². The van der Waals surface area contributed by atoms with E-state index in [0.717, 1.165) is 18.9 Å². The van der Waals surface area contributed by atoms with Gasteiger partial charge in [-0.1, -0.05) is 19.3 Å². The molecule has 76 valence electrons. The molecule has 0 radical (unpaired) electrons. The molecule has 1 fully saturated rings. The van der Waals surface area contributed by atoms with E-state index >= 15 is 0 Å². The number of aromatic amines is 1. The first-order valence-corrected chi connectivity index (χ1v) is 5.00. The average molecular weight is 194 g/mol. The molecule has 1 aliphatic carbocycles. The van der Waals surface area contributed by atoms with Crippen LogP contribution in [0.25, 0.3) is 0 Å². The third-order valence-corrected chi connectivity index (χ3v) is 2.69. The van der Waals surface area contributed by atoms with Gasteiger partial charge in [-0.2, -0.15) is 5.10 Å². The molecule has 14 heavy (non-hydrogen) atoms. The first-order valence-electron chi connectivity index (χ1n) is 5.00. The zero-order valence-electron chi connectivity index (χ0n) is 7.99. The number of hydrogen-bond donors (Lipinski definition) is 2. The van der Waals surface area contributed by atoms with Crippen LogP contribution in [0.5, 0.6) is 0 Å². The van der Waals surface area contributed by atoms with E-state index in [1.807, 2.05) is 0 Å². The highest BCUT2D eigenvalue weighted by molar-refractivity contribution is 5.90. The Labute approximate surface area is 82.3 Å². The normalized spacial score (nSPS) is 16.3. The fourth-order valence-corrected chi connectivity index (χ4v) is 1.57. The minimum Gasteiger partial charge on any atom is -0.349 e. The molecule has 0 saturated heterocycles. The molecule has 0 bridgehead atoms. The molecule has 5 nitrogen and oxygen atoms in total. The lowest BCUT2D eigenvalue weighted by Crippen LogP contribution is -2.28. The van der Waals surface area contributed by atoms with Gasteiger partial charge in [0.1, 0.15) is 6.33 Å². The molecule has 2 N–H and O–H groups in total. The van der Waals surface area contributed by atoms with Crippen molar-refractivity contribution >= 4 is 5.91 Å². The molecular formula is C9H14N4O. The second-order valence-electron chi connectivity index (χ2n) is 3.68. The number of rotatable bonds is 4. The summed E-state index contributed by atoms with van der Waals surface area (Å²) in [5, 5.41) is 8.96. The van der Waals surface area contributed by atoms with Gasteiger partial charge in [-0.15, -0.1) is 0 Å². The predicted octanol–water partition coefficient (Wildman–Crippen LogP) is 0.725. The molecule has 2 rings (SSSR count). The van der Waals surface area contributed by atoms with Gasteiger partial charge < -0.3 is 5.32 Å². The number of nitrogens with zero attached hydrogens (tertiary/aromatic N) is 2. The summed E-state index contributed by atoms with van der Waals surface area (Å²) in [6.07, 6.45) is 6.40. The maximum absolute atomic E-state index is 11.3. The maximum atomic E-state index is 11.3. The summed E-state index contributed by atoms with van der Waals surface area (Å²) in [5.74, 6) is 0.949. The van der Waals surface area contributed by atoms with Gasteiger partial charge >= 0.3 is 0 Å². The standard InChI is InChI=1S/C9H14N4O/c14-9(8-11-6-12-13-8)10-5-4-7-2-1-3-7/h6-7H,1-5H2,(H,10,14)(H,11,12,13). The second kappa shape index (κ2) is 4.21. The summed E-state index contributed by atoms with van der Waals surface area (Å²) in [6.45, 7) is 0.740. The fraction of sp³-hybridized carbons (Fsp3) is 0.667. The molecule has 1 saturated carbocycles. The quantitative estimate of drug-likeness (QED) is 0.742. The summed E-state index contributed by atoms with van der Waals surface area (Å²) in [7, 11) is 0. The van der Waals surface area contributed by atoms with Crippen molar-refractivity contribution in [3.8, 4) is 0 Å². The summed E-state index contributed by atoms with van der Waals surface area (Å²) in [6, 6.07) is 0. The first kappa shape index (κ1) is 9.18. The van der Waals surface area contributed by atoms with E-state index in [1.54, 1.807) is 0 Å². The third-order valence-electron chi connectivity index (χ3n) is 2.69. The van der Waals surface area contributed by atoms with E-state index in [4.69, 9.17) is 0 Å². The molecule has 0 aromatic carbocycles. The van der Waals surface area contributed by atoms with Crippen molar-refractivity contribution in [3.63, 3.8) is 0 Å². The molecule has 1 aliphatic rings. The zero-order valence-corrected chi connectivity index (χ0v) is 7.99. The number of nitrogens with one attached hydrogen (secondary N) is 2. The lowest BCUT2D eigenvalue weighted by atomic mass is 9.83. The molecule has 0 atom stereocenters. The minimum absolute atomic E-state index is 0.165. The van der Waals surface area contributed by atoms with Gasteiger partial charge in [-0.05, 0) is 12.3 Å². The summed E-state index contributed by atoms with van der Waals surface area (Å²) >= 11 is 0. The zero-order chi connectivity index (χ0) is 9.80. The second-order valence-corrected chi connectivity index (χ2v) is 3.68. The largest absolute Gasteiger partial charge is 0.349 e. The maximum Gasteiger partial charge on any atom is 0.288 e. The highest BCUT2D eigenvalue weighted by atomic mass is 16.2. The first-order chi connectivity index (χ1) is 6.86. The Morgan fingerprint density at radius 3 is 3.07 bits per heavy atom. The van der Waals surface area contributed by atoms with Crippen LogP contribution in [0, 0.1) is 5.92 Å². The number of carbonyl (C=O) groups is 1. The highest BCUT2D eigenvalue weighted by Gasteiger charge is 2.17. The van der Waals surface area contributed by atoms with Gasteiger partial charge in [0, 0.05) is 6.54 Å². The Kier molecular flexibility index (Phi) is 2.76. The van der Waals surface area contributed by atoms with Crippen LogP contribution in [-0.2, 0) is 0 Å². The van der Waals surface area contributed by atoms with E-state index in [2.05, 4.69) is 20.5 Å². The number of H-pyrrole nitrogens is 1. The SMILES string of the molecule is O=C(NCCC1CCC1)c1ncn[nH]1. The Morgan fingerprint density at radius 2 is 2.50 bits per heavy atom. The van der Waals surface area contributed by atoms with Crippen molar-refractivity contribution in [2.45, 2.75) is 25.7 Å². The Balaban J connectivity index is 1.67. The van der Waals surface area contributed by atoms with Crippen molar-refractivity contribution < 1.29 is 4.79 Å². The number of amides is 1.